The minimum Gasteiger partial charge on any atom is -0.386 e. The molecule has 2 nitrogen and oxygen atoms in total. The first kappa shape index (κ1) is 16.0. The summed E-state index contributed by atoms with van der Waals surface area (Å²) in [5, 5.41) is 9.95. The molecule has 0 aliphatic carbocycles. The molecule has 1 rings (SSSR count). The quantitative estimate of drug-likeness (QED) is 0.908. The summed E-state index contributed by atoms with van der Waals surface area (Å²) in [5.41, 5.74) is -0.254. The Hall–Kier alpha value is -1.07. The number of rotatable bonds is 3. The molecule has 0 saturated carbocycles. The molecule has 0 fully saturated rings. The Morgan fingerprint density at radius 2 is 1.79 bits per heavy atom. The van der Waals surface area contributed by atoms with Gasteiger partial charge in [0, 0.05) is 0 Å². The van der Waals surface area contributed by atoms with E-state index in [0.29, 0.717) is 11.1 Å². The molecule has 1 N–H and O–H groups in total. The lowest BCUT2D eigenvalue weighted by molar-refractivity contribution is -0.137. The number of halogens is 3. The van der Waals surface area contributed by atoms with Crippen LogP contribution in [0.25, 0.3) is 0 Å². The molecular weight excluding hydrogens is 257 g/mol. The number of aryl methyl sites for hydroxylation is 1. The third-order valence-electron chi connectivity index (χ3n) is 2.63. The van der Waals surface area contributed by atoms with E-state index in [2.05, 4.69) is 0 Å². The van der Waals surface area contributed by atoms with Crippen molar-refractivity contribution in [2.75, 3.05) is 6.61 Å². The van der Waals surface area contributed by atoms with Crippen molar-refractivity contribution in [1.29, 1.82) is 0 Å². The van der Waals surface area contributed by atoms with Gasteiger partial charge >= 0.3 is 6.18 Å². The molecule has 0 heterocycles. The monoisotopic (exact) mass is 276 g/mol. The largest absolute Gasteiger partial charge is 0.416 e. The fourth-order valence-corrected chi connectivity index (χ4v) is 1.64. The predicted octanol–water partition coefficient (Wildman–Crippen LogP) is 3.86. The summed E-state index contributed by atoms with van der Waals surface area (Å²) in [7, 11) is 0. The van der Waals surface area contributed by atoms with Crippen LogP contribution < -0.4 is 0 Å². The molecular formula is C14H19F3O2. The number of hydrogen-bond donors (Lipinski definition) is 1. The third-order valence-corrected chi connectivity index (χ3v) is 2.63. The van der Waals surface area contributed by atoms with Gasteiger partial charge in [-0.15, -0.1) is 0 Å². The standard InChI is InChI=1S/C14H19F3O2/c1-9-7-10(14(15,16)17)5-6-11(9)12(18)8-19-13(2,3)4/h5-7,12,18H,8H2,1-4H3. The van der Waals surface area contributed by atoms with Crippen LogP contribution in [0.3, 0.4) is 0 Å². The van der Waals surface area contributed by atoms with Crippen molar-refractivity contribution >= 4 is 0 Å². The van der Waals surface area contributed by atoms with E-state index in [-0.39, 0.29) is 6.61 Å². The van der Waals surface area contributed by atoms with Gasteiger partial charge in [-0.1, -0.05) is 6.07 Å². The van der Waals surface area contributed by atoms with Gasteiger partial charge in [0.25, 0.3) is 0 Å². The SMILES string of the molecule is Cc1cc(C(F)(F)F)ccc1C(O)COC(C)(C)C. The highest BCUT2D eigenvalue weighted by atomic mass is 19.4. The Balaban J connectivity index is 2.85. The summed E-state index contributed by atoms with van der Waals surface area (Å²) in [6.07, 6.45) is -5.29. The van der Waals surface area contributed by atoms with Gasteiger partial charge in [-0.25, -0.2) is 0 Å². The molecule has 0 aliphatic heterocycles. The van der Waals surface area contributed by atoms with Gasteiger partial charge in [0.15, 0.2) is 0 Å². The Labute approximate surface area is 111 Å². The van der Waals surface area contributed by atoms with Gasteiger partial charge in [0.05, 0.1) is 17.8 Å². The molecule has 0 aromatic heterocycles. The molecule has 1 unspecified atom stereocenters. The van der Waals surface area contributed by atoms with Gasteiger partial charge in [-0.05, 0) is 51.0 Å². The summed E-state index contributed by atoms with van der Waals surface area (Å²) in [6.45, 7) is 7.14. The Kier molecular flexibility index (Phi) is 4.63. The van der Waals surface area contributed by atoms with Crippen LogP contribution >= 0.6 is 0 Å². The number of ether oxygens (including phenoxy) is 1. The molecule has 1 aromatic carbocycles. The van der Waals surface area contributed by atoms with Gasteiger partial charge < -0.3 is 9.84 Å². The van der Waals surface area contributed by atoms with Crippen LogP contribution in [0.4, 0.5) is 13.2 Å². The third kappa shape index (κ3) is 4.84. The number of aliphatic hydroxyl groups is 1. The van der Waals surface area contributed by atoms with Crippen molar-refractivity contribution in [2.45, 2.75) is 45.6 Å². The summed E-state index contributed by atoms with van der Waals surface area (Å²) in [4.78, 5) is 0. The van der Waals surface area contributed by atoms with E-state index >= 15 is 0 Å². The van der Waals surface area contributed by atoms with Crippen molar-refractivity contribution in [2.24, 2.45) is 0 Å². The van der Waals surface area contributed by atoms with E-state index in [4.69, 9.17) is 4.74 Å². The van der Waals surface area contributed by atoms with Crippen molar-refractivity contribution in [3.63, 3.8) is 0 Å². The van der Waals surface area contributed by atoms with E-state index < -0.39 is 23.4 Å². The first-order chi connectivity index (χ1) is 8.50. The Morgan fingerprint density at radius 3 is 2.21 bits per heavy atom. The summed E-state index contributed by atoms with van der Waals surface area (Å²) in [6, 6.07) is 3.31. The van der Waals surface area contributed by atoms with Gasteiger partial charge in [0.1, 0.15) is 6.10 Å². The van der Waals surface area contributed by atoms with E-state index in [0.717, 1.165) is 12.1 Å². The molecule has 0 spiro atoms. The van der Waals surface area contributed by atoms with E-state index in [9.17, 15) is 18.3 Å². The molecule has 0 aliphatic rings. The Morgan fingerprint density at radius 1 is 1.21 bits per heavy atom. The molecule has 1 aromatic rings. The topological polar surface area (TPSA) is 29.5 Å². The van der Waals surface area contributed by atoms with Crippen LogP contribution in [0.5, 0.6) is 0 Å². The molecule has 5 heteroatoms. The summed E-state index contributed by atoms with van der Waals surface area (Å²) >= 11 is 0. The first-order valence-corrected chi connectivity index (χ1v) is 6.00. The van der Waals surface area contributed by atoms with Gasteiger partial charge in [-0.2, -0.15) is 13.2 Å². The zero-order valence-corrected chi connectivity index (χ0v) is 11.5. The maximum absolute atomic E-state index is 12.5. The second-order valence-corrected chi connectivity index (χ2v) is 5.51. The van der Waals surface area contributed by atoms with E-state index in [1.807, 2.05) is 20.8 Å². The number of hydrogen-bond acceptors (Lipinski definition) is 2. The fraction of sp³-hybridized carbons (Fsp3) is 0.571. The normalized spacial score (nSPS) is 14.5. The second-order valence-electron chi connectivity index (χ2n) is 5.51. The van der Waals surface area contributed by atoms with Crippen molar-refractivity contribution in [3.05, 3.63) is 34.9 Å². The summed E-state index contributed by atoms with van der Waals surface area (Å²) in [5.74, 6) is 0. The van der Waals surface area contributed by atoms with Gasteiger partial charge in [0.2, 0.25) is 0 Å². The molecule has 0 bridgehead atoms. The molecule has 1 atom stereocenters. The molecule has 108 valence electrons. The van der Waals surface area contributed by atoms with Crippen LogP contribution in [0.2, 0.25) is 0 Å². The lowest BCUT2D eigenvalue weighted by Gasteiger charge is -2.23. The van der Waals surface area contributed by atoms with Crippen molar-refractivity contribution in [3.8, 4) is 0 Å². The van der Waals surface area contributed by atoms with Crippen LogP contribution in [0.1, 0.15) is 43.6 Å². The van der Waals surface area contributed by atoms with Crippen molar-refractivity contribution < 1.29 is 23.0 Å². The predicted molar refractivity (Wildman–Crippen MR) is 66.8 cm³/mol. The smallest absolute Gasteiger partial charge is 0.386 e. The number of aliphatic hydroxyl groups excluding tert-OH is 1. The maximum atomic E-state index is 12.5. The highest BCUT2D eigenvalue weighted by molar-refractivity contribution is 5.34. The molecule has 0 radical (unpaired) electrons. The average Bonchev–Trinajstić information content (AvgIpc) is 2.23. The minimum atomic E-state index is -4.36. The van der Waals surface area contributed by atoms with Crippen LogP contribution in [-0.4, -0.2) is 17.3 Å². The second kappa shape index (κ2) is 5.51. The highest BCUT2D eigenvalue weighted by Gasteiger charge is 2.31. The fourth-order valence-electron chi connectivity index (χ4n) is 1.64. The lowest BCUT2D eigenvalue weighted by Crippen LogP contribution is -2.23. The van der Waals surface area contributed by atoms with E-state index in [1.54, 1.807) is 6.92 Å². The lowest BCUT2D eigenvalue weighted by atomic mass is 10.0. The minimum absolute atomic E-state index is 0.0513. The zero-order chi connectivity index (χ0) is 14.8. The molecule has 0 amide bonds. The highest BCUT2D eigenvalue weighted by Crippen LogP contribution is 2.31. The maximum Gasteiger partial charge on any atom is 0.416 e. The molecule has 0 saturated heterocycles. The van der Waals surface area contributed by atoms with Crippen LogP contribution in [0, 0.1) is 6.92 Å². The Bertz CT molecular complexity index is 433. The number of alkyl halides is 3. The van der Waals surface area contributed by atoms with Crippen LogP contribution in [-0.2, 0) is 10.9 Å². The van der Waals surface area contributed by atoms with Gasteiger partial charge in [-0.3, -0.25) is 0 Å². The average molecular weight is 276 g/mol. The summed E-state index contributed by atoms with van der Waals surface area (Å²) < 4.78 is 43.0. The zero-order valence-electron chi connectivity index (χ0n) is 11.5. The number of benzene rings is 1. The van der Waals surface area contributed by atoms with E-state index in [1.165, 1.54) is 6.07 Å². The van der Waals surface area contributed by atoms with Crippen LogP contribution in [0.15, 0.2) is 18.2 Å². The first-order valence-electron chi connectivity index (χ1n) is 6.00. The van der Waals surface area contributed by atoms with Crippen molar-refractivity contribution in [1.82, 2.24) is 0 Å². The molecule has 19 heavy (non-hydrogen) atoms.